The summed E-state index contributed by atoms with van der Waals surface area (Å²) in [5.74, 6) is -1.80. The minimum Gasteiger partial charge on any atom is -0.477 e. The molecule has 6 heteroatoms. The Balaban J connectivity index is 2.46. The molecule has 1 aliphatic heterocycles. The number of thioether (sulfide) groups is 1. The molecule has 1 amide bonds. The van der Waals surface area contributed by atoms with Crippen molar-refractivity contribution in [3.8, 4) is 0 Å². The summed E-state index contributed by atoms with van der Waals surface area (Å²) < 4.78 is 0. The standard InChI is InChI=1S/C10H6ClNO3S/c11-7(10(14)15)8-9(13)12-5-3-1-2-4-6(5)16-8/h1-4H,(H,12,13)(H,14,15)/b8-7-. The molecule has 0 aliphatic carbocycles. The summed E-state index contributed by atoms with van der Waals surface area (Å²) >= 11 is 6.61. The minimum absolute atomic E-state index is 0.00728. The van der Waals surface area contributed by atoms with Crippen molar-refractivity contribution >= 4 is 40.9 Å². The SMILES string of the molecule is O=C(O)/C(Cl)=C1/Sc2ccccc2NC1=O. The number of carbonyl (C=O) groups is 2. The van der Waals surface area contributed by atoms with Gasteiger partial charge in [-0.25, -0.2) is 4.79 Å². The lowest BCUT2D eigenvalue weighted by Crippen LogP contribution is -2.19. The van der Waals surface area contributed by atoms with E-state index in [0.29, 0.717) is 5.69 Å². The maximum atomic E-state index is 11.6. The van der Waals surface area contributed by atoms with Crippen molar-refractivity contribution in [3.05, 3.63) is 34.2 Å². The molecule has 0 atom stereocenters. The Bertz CT molecular complexity index is 513. The number of halogens is 1. The van der Waals surface area contributed by atoms with E-state index in [9.17, 15) is 9.59 Å². The van der Waals surface area contributed by atoms with Crippen molar-refractivity contribution in [1.82, 2.24) is 0 Å². The number of hydrogen-bond acceptors (Lipinski definition) is 3. The summed E-state index contributed by atoms with van der Waals surface area (Å²) in [5, 5.41) is 10.8. The van der Waals surface area contributed by atoms with Crippen molar-refractivity contribution in [2.45, 2.75) is 4.90 Å². The molecule has 0 unspecified atom stereocenters. The van der Waals surface area contributed by atoms with Crippen LogP contribution in [0.3, 0.4) is 0 Å². The third-order valence-electron chi connectivity index (χ3n) is 1.94. The number of carbonyl (C=O) groups excluding carboxylic acids is 1. The summed E-state index contributed by atoms with van der Waals surface area (Å²) in [6.45, 7) is 0. The Morgan fingerprint density at radius 2 is 2.06 bits per heavy atom. The number of hydrogen-bond donors (Lipinski definition) is 2. The van der Waals surface area contributed by atoms with E-state index < -0.39 is 16.9 Å². The number of amides is 1. The highest BCUT2D eigenvalue weighted by molar-refractivity contribution is 8.04. The number of fused-ring (bicyclic) bond motifs is 1. The van der Waals surface area contributed by atoms with Crippen LogP contribution in [0.4, 0.5) is 5.69 Å². The molecule has 0 saturated carbocycles. The van der Waals surface area contributed by atoms with Crippen LogP contribution in [-0.2, 0) is 9.59 Å². The number of nitrogens with one attached hydrogen (secondary N) is 1. The lowest BCUT2D eigenvalue weighted by molar-refractivity contribution is -0.132. The van der Waals surface area contributed by atoms with Crippen LogP contribution in [0, 0.1) is 0 Å². The minimum atomic E-state index is -1.31. The van der Waals surface area contributed by atoms with Gasteiger partial charge < -0.3 is 10.4 Å². The highest BCUT2D eigenvalue weighted by Crippen LogP contribution is 2.39. The zero-order valence-electron chi connectivity index (χ0n) is 7.86. The van der Waals surface area contributed by atoms with E-state index in [2.05, 4.69) is 5.32 Å². The fraction of sp³-hybridized carbons (Fsp3) is 0. The predicted molar refractivity (Wildman–Crippen MR) is 61.4 cm³/mol. The number of para-hydroxylation sites is 1. The topological polar surface area (TPSA) is 66.4 Å². The second-order valence-electron chi connectivity index (χ2n) is 3.00. The van der Waals surface area contributed by atoms with Gasteiger partial charge in [-0.2, -0.15) is 0 Å². The number of carboxylic acid groups (broad SMARTS) is 1. The van der Waals surface area contributed by atoms with E-state index in [1.54, 1.807) is 24.3 Å². The molecule has 1 aliphatic rings. The van der Waals surface area contributed by atoms with Crippen LogP contribution < -0.4 is 5.32 Å². The van der Waals surface area contributed by atoms with E-state index in [1.165, 1.54) is 0 Å². The zero-order valence-corrected chi connectivity index (χ0v) is 9.43. The Kier molecular flexibility index (Phi) is 2.89. The van der Waals surface area contributed by atoms with Crippen molar-refractivity contribution in [2.24, 2.45) is 0 Å². The third kappa shape index (κ3) is 1.91. The molecular weight excluding hydrogens is 250 g/mol. The Morgan fingerprint density at radius 3 is 2.75 bits per heavy atom. The molecule has 2 rings (SSSR count). The maximum Gasteiger partial charge on any atom is 0.348 e. The van der Waals surface area contributed by atoms with Gasteiger partial charge in [0.25, 0.3) is 5.91 Å². The van der Waals surface area contributed by atoms with Crippen LogP contribution in [0.2, 0.25) is 0 Å². The van der Waals surface area contributed by atoms with Gasteiger partial charge in [-0.15, -0.1) is 0 Å². The fourth-order valence-corrected chi connectivity index (χ4v) is 2.35. The predicted octanol–water partition coefficient (Wildman–Crippen LogP) is 2.27. The summed E-state index contributed by atoms with van der Waals surface area (Å²) in [6, 6.07) is 7.11. The van der Waals surface area contributed by atoms with Gasteiger partial charge in [0.15, 0.2) is 0 Å². The van der Waals surface area contributed by atoms with Gasteiger partial charge in [-0.05, 0) is 12.1 Å². The van der Waals surface area contributed by atoms with Crippen molar-refractivity contribution in [3.63, 3.8) is 0 Å². The van der Waals surface area contributed by atoms with Crippen LogP contribution in [-0.4, -0.2) is 17.0 Å². The van der Waals surface area contributed by atoms with E-state index in [0.717, 1.165) is 16.7 Å². The molecule has 1 heterocycles. The van der Waals surface area contributed by atoms with Gasteiger partial charge in [0.2, 0.25) is 0 Å². The smallest absolute Gasteiger partial charge is 0.348 e. The average molecular weight is 256 g/mol. The largest absolute Gasteiger partial charge is 0.477 e. The molecule has 16 heavy (non-hydrogen) atoms. The number of benzene rings is 1. The number of anilines is 1. The Morgan fingerprint density at radius 1 is 1.38 bits per heavy atom. The summed E-state index contributed by atoms with van der Waals surface area (Å²) in [4.78, 5) is 23.0. The molecule has 1 aromatic carbocycles. The molecule has 0 fully saturated rings. The van der Waals surface area contributed by atoms with Crippen LogP contribution in [0.1, 0.15) is 0 Å². The molecule has 0 aromatic heterocycles. The van der Waals surface area contributed by atoms with Crippen LogP contribution in [0.5, 0.6) is 0 Å². The van der Waals surface area contributed by atoms with Gasteiger partial charge in [0.1, 0.15) is 9.94 Å². The van der Waals surface area contributed by atoms with Gasteiger partial charge in [0, 0.05) is 4.90 Å². The molecule has 0 bridgehead atoms. The van der Waals surface area contributed by atoms with E-state index in [1.807, 2.05) is 0 Å². The Hall–Kier alpha value is -1.46. The number of carboxylic acids is 1. The van der Waals surface area contributed by atoms with Crippen molar-refractivity contribution in [2.75, 3.05) is 5.32 Å². The molecule has 82 valence electrons. The fourth-order valence-electron chi connectivity index (χ4n) is 1.24. The summed E-state index contributed by atoms with van der Waals surface area (Å²) in [7, 11) is 0. The first-order chi connectivity index (χ1) is 7.59. The first-order valence-corrected chi connectivity index (χ1v) is 5.50. The van der Waals surface area contributed by atoms with Gasteiger partial charge in [-0.1, -0.05) is 35.5 Å². The molecule has 2 N–H and O–H groups in total. The van der Waals surface area contributed by atoms with Crippen molar-refractivity contribution in [1.29, 1.82) is 0 Å². The molecular formula is C10H6ClNO3S. The normalized spacial score (nSPS) is 17.4. The maximum absolute atomic E-state index is 11.6. The van der Waals surface area contributed by atoms with Crippen LogP contribution >= 0.6 is 23.4 Å². The lowest BCUT2D eigenvalue weighted by Gasteiger charge is -2.18. The van der Waals surface area contributed by atoms with Gasteiger partial charge in [-0.3, -0.25) is 4.79 Å². The monoisotopic (exact) mass is 255 g/mol. The van der Waals surface area contributed by atoms with E-state index in [4.69, 9.17) is 16.7 Å². The van der Waals surface area contributed by atoms with E-state index in [-0.39, 0.29) is 4.91 Å². The molecule has 0 saturated heterocycles. The highest BCUT2D eigenvalue weighted by Gasteiger charge is 2.26. The first kappa shape index (κ1) is 11.0. The van der Waals surface area contributed by atoms with Crippen LogP contribution in [0.15, 0.2) is 39.1 Å². The average Bonchev–Trinajstić information content (AvgIpc) is 2.27. The van der Waals surface area contributed by atoms with Gasteiger partial charge in [0.05, 0.1) is 5.69 Å². The summed E-state index contributed by atoms with van der Waals surface area (Å²) in [5.41, 5.74) is 0.663. The third-order valence-corrected chi connectivity index (χ3v) is 3.57. The van der Waals surface area contributed by atoms with Crippen molar-refractivity contribution < 1.29 is 14.7 Å². The number of aliphatic carboxylic acids is 1. The molecule has 1 aromatic rings. The molecule has 0 spiro atoms. The zero-order chi connectivity index (χ0) is 11.7. The first-order valence-electron chi connectivity index (χ1n) is 4.31. The molecule has 4 nitrogen and oxygen atoms in total. The molecule has 0 radical (unpaired) electrons. The summed E-state index contributed by atoms with van der Waals surface area (Å²) in [6.07, 6.45) is 0. The lowest BCUT2D eigenvalue weighted by atomic mass is 10.3. The van der Waals surface area contributed by atoms with E-state index >= 15 is 0 Å². The highest BCUT2D eigenvalue weighted by atomic mass is 35.5. The number of rotatable bonds is 1. The Labute approximate surface area is 100 Å². The second-order valence-corrected chi connectivity index (χ2v) is 4.43. The quantitative estimate of drug-likeness (QED) is 0.756. The second kappa shape index (κ2) is 4.19. The van der Waals surface area contributed by atoms with Gasteiger partial charge >= 0.3 is 5.97 Å². The van der Waals surface area contributed by atoms with Crippen LogP contribution in [0.25, 0.3) is 0 Å².